The van der Waals surface area contributed by atoms with Gasteiger partial charge in [0.05, 0.1) is 17.5 Å². The van der Waals surface area contributed by atoms with Crippen LogP contribution in [0, 0.1) is 0 Å². The molecule has 2 rings (SSSR count). The lowest BCUT2D eigenvalue weighted by molar-refractivity contribution is -0.755. The summed E-state index contributed by atoms with van der Waals surface area (Å²) in [6.07, 6.45) is 0.457. The summed E-state index contributed by atoms with van der Waals surface area (Å²) < 4.78 is 0.998. The van der Waals surface area contributed by atoms with Crippen molar-refractivity contribution in [2.75, 3.05) is 13.6 Å². The Morgan fingerprint density at radius 1 is 1.22 bits per heavy atom. The number of benzene rings is 1. The Morgan fingerprint density at radius 2 is 1.72 bits per heavy atom. The molecule has 1 aliphatic rings. The van der Waals surface area contributed by atoms with E-state index in [9.17, 15) is 14.8 Å². The standard InChI is InChI=1S/C13H15N2O3/c1-9(14(2)18)7-8-15-12(16)10-5-3-4-6-11(10)13(15)17/h3-6,18H,7-8H2,1-2H3/q+1. The highest BCUT2D eigenvalue weighted by Crippen LogP contribution is 2.22. The monoisotopic (exact) mass is 247 g/mol. The van der Waals surface area contributed by atoms with Gasteiger partial charge in [-0.3, -0.25) is 19.7 Å². The van der Waals surface area contributed by atoms with Gasteiger partial charge in [-0.2, -0.15) is 0 Å². The van der Waals surface area contributed by atoms with E-state index in [2.05, 4.69) is 0 Å². The molecule has 0 aromatic heterocycles. The number of amides is 2. The molecule has 0 bridgehead atoms. The fourth-order valence-electron chi connectivity index (χ4n) is 1.88. The summed E-state index contributed by atoms with van der Waals surface area (Å²) in [5.41, 5.74) is 1.61. The average Bonchev–Trinajstić information content (AvgIpc) is 2.60. The van der Waals surface area contributed by atoms with Crippen LogP contribution in [-0.4, -0.2) is 46.0 Å². The third-order valence-electron chi connectivity index (χ3n) is 3.13. The summed E-state index contributed by atoms with van der Waals surface area (Å²) >= 11 is 0. The quantitative estimate of drug-likeness (QED) is 0.287. The number of rotatable bonds is 3. The number of carbonyl (C=O) groups excluding carboxylic acids is 2. The molecule has 0 fully saturated rings. The van der Waals surface area contributed by atoms with Crippen LogP contribution in [0.5, 0.6) is 0 Å². The molecule has 0 aliphatic carbocycles. The third kappa shape index (κ3) is 1.99. The molecule has 0 saturated carbocycles. The number of hydrogen-bond donors (Lipinski definition) is 1. The minimum Gasteiger partial charge on any atom is -0.291 e. The Labute approximate surface area is 105 Å². The second kappa shape index (κ2) is 4.60. The van der Waals surface area contributed by atoms with Gasteiger partial charge in [-0.1, -0.05) is 12.1 Å². The van der Waals surface area contributed by atoms with Crippen molar-refractivity contribution in [3.63, 3.8) is 0 Å². The molecule has 1 aromatic carbocycles. The maximum Gasteiger partial charge on any atom is 0.261 e. The average molecular weight is 247 g/mol. The molecule has 0 spiro atoms. The number of nitrogens with zero attached hydrogens (tertiary/aromatic N) is 2. The Hall–Kier alpha value is -2.17. The van der Waals surface area contributed by atoms with Crippen LogP contribution < -0.4 is 0 Å². The van der Waals surface area contributed by atoms with Crippen LogP contribution in [-0.2, 0) is 0 Å². The fourth-order valence-corrected chi connectivity index (χ4v) is 1.88. The van der Waals surface area contributed by atoms with E-state index < -0.39 is 0 Å². The first-order valence-corrected chi connectivity index (χ1v) is 5.72. The summed E-state index contributed by atoms with van der Waals surface area (Å²) in [7, 11) is 1.51. The van der Waals surface area contributed by atoms with Gasteiger partial charge in [-0.15, -0.1) is 0 Å². The maximum atomic E-state index is 12.0. The molecule has 1 N–H and O–H groups in total. The lowest BCUT2D eigenvalue weighted by atomic mass is 10.1. The molecule has 0 unspecified atom stereocenters. The van der Waals surface area contributed by atoms with Gasteiger partial charge in [-0.05, 0) is 16.9 Å². The predicted molar refractivity (Wildman–Crippen MR) is 65.1 cm³/mol. The van der Waals surface area contributed by atoms with E-state index in [1.54, 1.807) is 31.2 Å². The second-order valence-electron chi connectivity index (χ2n) is 4.32. The lowest BCUT2D eigenvalue weighted by Gasteiger charge is -2.11. The Bertz CT molecular complexity index is 510. The zero-order valence-corrected chi connectivity index (χ0v) is 10.4. The Morgan fingerprint density at radius 3 is 2.17 bits per heavy atom. The molecule has 94 valence electrons. The van der Waals surface area contributed by atoms with E-state index in [-0.39, 0.29) is 18.4 Å². The first kappa shape index (κ1) is 12.3. The first-order valence-electron chi connectivity index (χ1n) is 5.72. The summed E-state index contributed by atoms with van der Waals surface area (Å²) in [5, 5.41) is 9.21. The smallest absolute Gasteiger partial charge is 0.261 e. The Balaban J connectivity index is 2.17. The highest BCUT2D eigenvalue weighted by atomic mass is 16.5. The van der Waals surface area contributed by atoms with E-state index in [1.807, 2.05) is 0 Å². The molecule has 5 nitrogen and oxygen atoms in total. The number of hydroxylamine groups is 1. The third-order valence-corrected chi connectivity index (χ3v) is 3.13. The van der Waals surface area contributed by atoms with Gasteiger partial charge in [0.2, 0.25) is 5.71 Å². The molecule has 18 heavy (non-hydrogen) atoms. The fraction of sp³-hybridized carbons (Fsp3) is 0.308. The van der Waals surface area contributed by atoms with Gasteiger partial charge in [0.25, 0.3) is 11.8 Å². The number of hydrogen-bond acceptors (Lipinski definition) is 3. The van der Waals surface area contributed by atoms with Crippen molar-refractivity contribution in [3.05, 3.63) is 35.4 Å². The van der Waals surface area contributed by atoms with Gasteiger partial charge in [0.1, 0.15) is 0 Å². The minimum absolute atomic E-state index is 0.260. The Kier molecular flexibility index (Phi) is 3.14. The van der Waals surface area contributed by atoms with E-state index in [0.29, 0.717) is 23.3 Å². The summed E-state index contributed by atoms with van der Waals surface area (Å²) in [4.78, 5) is 25.2. The van der Waals surface area contributed by atoms with Crippen LogP contribution in [0.1, 0.15) is 34.1 Å². The summed E-state index contributed by atoms with van der Waals surface area (Å²) in [6.45, 7) is 2.03. The van der Waals surface area contributed by atoms with Crippen molar-refractivity contribution in [2.24, 2.45) is 0 Å². The van der Waals surface area contributed by atoms with Crippen molar-refractivity contribution >= 4 is 17.5 Å². The van der Waals surface area contributed by atoms with Crippen molar-refractivity contribution in [1.29, 1.82) is 0 Å². The SMILES string of the molecule is CC(CCN1C(=O)c2ccccc2C1=O)=[N+](C)O. The van der Waals surface area contributed by atoms with Crippen LogP contribution >= 0.6 is 0 Å². The molecular weight excluding hydrogens is 232 g/mol. The van der Waals surface area contributed by atoms with Crippen LogP contribution in [0.25, 0.3) is 0 Å². The van der Waals surface area contributed by atoms with Crippen molar-refractivity contribution in [2.45, 2.75) is 13.3 Å². The van der Waals surface area contributed by atoms with E-state index in [4.69, 9.17) is 0 Å². The van der Waals surface area contributed by atoms with Crippen LogP contribution in [0.3, 0.4) is 0 Å². The van der Waals surface area contributed by atoms with Crippen molar-refractivity contribution in [3.8, 4) is 0 Å². The second-order valence-corrected chi connectivity index (χ2v) is 4.32. The summed E-state index contributed by atoms with van der Waals surface area (Å²) in [5.74, 6) is -0.520. The van der Waals surface area contributed by atoms with Crippen LogP contribution in [0.4, 0.5) is 0 Å². The van der Waals surface area contributed by atoms with E-state index in [1.165, 1.54) is 11.9 Å². The first-order chi connectivity index (χ1) is 8.52. The van der Waals surface area contributed by atoms with Gasteiger partial charge in [0, 0.05) is 13.5 Å². The molecule has 1 heterocycles. The zero-order chi connectivity index (χ0) is 13.3. The topological polar surface area (TPSA) is 60.6 Å². The van der Waals surface area contributed by atoms with Crippen molar-refractivity contribution in [1.82, 2.24) is 4.90 Å². The molecule has 1 aromatic rings. The van der Waals surface area contributed by atoms with Gasteiger partial charge < -0.3 is 0 Å². The predicted octanol–water partition coefficient (Wildman–Crippen LogP) is 1.17. The van der Waals surface area contributed by atoms with Crippen molar-refractivity contribution < 1.29 is 19.5 Å². The molecule has 0 radical (unpaired) electrons. The van der Waals surface area contributed by atoms with Crippen LogP contribution in [0.2, 0.25) is 0 Å². The van der Waals surface area contributed by atoms with Gasteiger partial charge in [0.15, 0.2) is 7.05 Å². The molecule has 5 heteroatoms. The normalized spacial score (nSPS) is 15.8. The van der Waals surface area contributed by atoms with Gasteiger partial charge >= 0.3 is 0 Å². The highest BCUT2D eigenvalue weighted by molar-refractivity contribution is 6.21. The maximum absolute atomic E-state index is 12.0. The molecule has 2 amide bonds. The van der Waals surface area contributed by atoms with Crippen LogP contribution in [0.15, 0.2) is 24.3 Å². The minimum atomic E-state index is -0.260. The molecular formula is C13H15N2O3+. The van der Waals surface area contributed by atoms with E-state index >= 15 is 0 Å². The largest absolute Gasteiger partial charge is 0.291 e. The van der Waals surface area contributed by atoms with E-state index in [0.717, 1.165) is 4.74 Å². The lowest BCUT2D eigenvalue weighted by Crippen LogP contribution is -2.32. The molecule has 1 aliphatic heterocycles. The number of carbonyl (C=O) groups is 2. The highest BCUT2D eigenvalue weighted by Gasteiger charge is 2.34. The zero-order valence-electron chi connectivity index (χ0n) is 10.4. The molecule has 0 atom stereocenters. The number of imide groups is 1. The molecule has 0 saturated heterocycles. The van der Waals surface area contributed by atoms with Gasteiger partial charge in [-0.25, -0.2) is 0 Å². The summed E-state index contributed by atoms with van der Waals surface area (Å²) in [6, 6.07) is 6.80. The number of fused-ring (bicyclic) bond motifs is 1.